The van der Waals surface area contributed by atoms with Crippen molar-refractivity contribution in [2.75, 3.05) is 13.8 Å². The summed E-state index contributed by atoms with van der Waals surface area (Å²) in [6, 6.07) is 0. The lowest BCUT2D eigenvalue weighted by Gasteiger charge is -1.90. The Morgan fingerprint density at radius 1 is 0.917 bits per heavy atom. The van der Waals surface area contributed by atoms with E-state index in [4.69, 9.17) is 5.11 Å². The molecule has 0 aliphatic rings. The van der Waals surface area contributed by atoms with Gasteiger partial charge in [0.25, 0.3) is 0 Å². The molecule has 0 aromatic heterocycles. The SMILES string of the molecule is CCC.CCCCCCO.CF. The van der Waals surface area contributed by atoms with Gasteiger partial charge in [-0.25, -0.2) is 0 Å². The highest BCUT2D eigenvalue weighted by molar-refractivity contribution is 4.35. The van der Waals surface area contributed by atoms with Crippen LogP contribution in [-0.2, 0) is 0 Å². The van der Waals surface area contributed by atoms with E-state index in [0.717, 1.165) is 6.42 Å². The molecule has 0 atom stereocenters. The first-order valence-corrected chi connectivity index (χ1v) is 4.82. The molecule has 1 N–H and O–H groups in total. The largest absolute Gasteiger partial charge is 0.396 e. The van der Waals surface area contributed by atoms with Crippen LogP contribution in [-0.4, -0.2) is 18.9 Å². The highest BCUT2D eigenvalue weighted by Gasteiger charge is 1.80. The third kappa shape index (κ3) is 51.7. The molecule has 0 aliphatic carbocycles. The van der Waals surface area contributed by atoms with Crippen molar-refractivity contribution >= 4 is 0 Å². The molecule has 0 aliphatic heterocycles. The third-order valence-electron chi connectivity index (χ3n) is 1.01. The van der Waals surface area contributed by atoms with Crippen LogP contribution in [0.5, 0.6) is 0 Å². The van der Waals surface area contributed by atoms with Gasteiger partial charge in [0.1, 0.15) is 0 Å². The van der Waals surface area contributed by atoms with Crippen LogP contribution < -0.4 is 0 Å². The Morgan fingerprint density at radius 2 is 1.33 bits per heavy atom. The van der Waals surface area contributed by atoms with E-state index in [2.05, 4.69) is 20.8 Å². The van der Waals surface area contributed by atoms with Gasteiger partial charge in [-0.2, -0.15) is 0 Å². The molecule has 0 aromatic rings. The molecule has 0 unspecified atom stereocenters. The summed E-state index contributed by atoms with van der Waals surface area (Å²) < 4.78 is 9.50. The van der Waals surface area contributed by atoms with Gasteiger partial charge in [-0.05, 0) is 6.42 Å². The lowest BCUT2D eigenvalue weighted by atomic mass is 10.2. The number of halogens is 1. The van der Waals surface area contributed by atoms with Gasteiger partial charge in [0.2, 0.25) is 0 Å². The monoisotopic (exact) mass is 180 g/mol. The molecule has 0 radical (unpaired) electrons. The lowest BCUT2D eigenvalue weighted by Crippen LogP contribution is -1.80. The molecule has 78 valence electrons. The minimum absolute atomic E-state index is 0.361. The van der Waals surface area contributed by atoms with E-state index in [0.29, 0.717) is 13.8 Å². The molecule has 0 spiro atoms. The van der Waals surface area contributed by atoms with Crippen LogP contribution >= 0.6 is 0 Å². The van der Waals surface area contributed by atoms with Crippen molar-refractivity contribution in [3.05, 3.63) is 0 Å². The van der Waals surface area contributed by atoms with E-state index in [1.165, 1.54) is 25.7 Å². The smallest absolute Gasteiger partial charge is 0.0785 e. The average molecular weight is 180 g/mol. The second-order valence-corrected chi connectivity index (χ2v) is 2.49. The maximum atomic E-state index is 9.50. The van der Waals surface area contributed by atoms with Gasteiger partial charge in [0.15, 0.2) is 0 Å². The molecule has 0 amide bonds. The van der Waals surface area contributed by atoms with Gasteiger partial charge < -0.3 is 5.11 Å². The highest BCUT2D eigenvalue weighted by Crippen LogP contribution is 1.95. The summed E-state index contributed by atoms with van der Waals surface area (Å²) in [5.41, 5.74) is 0. The number of hydrogen-bond donors (Lipinski definition) is 1. The summed E-state index contributed by atoms with van der Waals surface area (Å²) in [4.78, 5) is 0. The Kier molecular flexibility index (Phi) is 45.7. The number of alkyl halides is 1. The van der Waals surface area contributed by atoms with Crippen LogP contribution in [0, 0.1) is 0 Å². The van der Waals surface area contributed by atoms with Crippen molar-refractivity contribution in [1.29, 1.82) is 0 Å². The van der Waals surface area contributed by atoms with Crippen LogP contribution in [0.25, 0.3) is 0 Å². The maximum Gasteiger partial charge on any atom is 0.0785 e. The van der Waals surface area contributed by atoms with Crippen LogP contribution in [0.3, 0.4) is 0 Å². The molecule has 0 saturated heterocycles. The number of aliphatic hydroxyl groups excluding tert-OH is 1. The summed E-state index contributed by atoms with van der Waals surface area (Å²) in [6.45, 7) is 6.78. The van der Waals surface area contributed by atoms with Crippen LogP contribution in [0.4, 0.5) is 4.39 Å². The second-order valence-electron chi connectivity index (χ2n) is 2.49. The zero-order valence-electron chi connectivity index (χ0n) is 9.07. The molecule has 12 heavy (non-hydrogen) atoms. The summed E-state index contributed by atoms with van der Waals surface area (Å²) in [6.07, 6.45) is 5.93. The fourth-order valence-corrected chi connectivity index (χ4v) is 0.539. The first kappa shape index (κ1) is 17.8. The van der Waals surface area contributed by atoms with Gasteiger partial charge in [0.05, 0.1) is 7.18 Å². The molecular weight excluding hydrogens is 155 g/mol. The molecule has 0 saturated carbocycles. The molecule has 0 bridgehead atoms. The zero-order chi connectivity index (χ0) is 10.2. The van der Waals surface area contributed by atoms with Gasteiger partial charge in [-0.1, -0.05) is 46.5 Å². The van der Waals surface area contributed by atoms with Crippen LogP contribution in [0.2, 0.25) is 0 Å². The van der Waals surface area contributed by atoms with Crippen LogP contribution in [0.15, 0.2) is 0 Å². The number of unbranched alkanes of at least 4 members (excludes halogenated alkanes) is 3. The second kappa shape index (κ2) is 30.7. The summed E-state index contributed by atoms with van der Waals surface area (Å²) in [7, 11) is 0.500. The summed E-state index contributed by atoms with van der Waals surface area (Å²) in [5, 5.41) is 8.29. The number of rotatable bonds is 4. The topological polar surface area (TPSA) is 20.2 Å². The van der Waals surface area contributed by atoms with E-state index in [1.54, 1.807) is 0 Å². The Hall–Kier alpha value is -0.110. The first-order chi connectivity index (χ1) is 5.83. The van der Waals surface area contributed by atoms with Crippen molar-refractivity contribution in [2.24, 2.45) is 0 Å². The predicted molar refractivity (Wildman–Crippen MR) is 54.2 cm³/mol. The van der Waals surface area contributed by atoms with E-state index in [1.807, 2.05) is 0 Å². The minimum atomic E-state index is 0.361. The van der Waals surface area contributed by atoms with Gasteiger partial charge >= 0.3 is 0 Å². The highest BCUT2D eigenvalue weighted by atomic mass is 19.1. The minimum Gasteiger partial charge on any atom is -0.396 e. The fourth-order valence-electron chi connectivity index (χ4n) is 0.539. The number of aliphatic hydroxyl groups is 1. The molecular formula is C10H25FO. The average Bonchev–Trinajstić information content (AvgIpc) is 2.11. The Balaban J connectivity index is -0.000000137. The third-order valence-corrected chi connectivity index (χ3v) is 1.01. The van der Waals surface area contributed by atoms with Crippen molar-refractivity contribution < 1.29 is 9.50 Å². The molecule has 2 heteroatoms. The van der Waals surface area contributed by atoms with Gasteiger partial charge in [-0.15, -0.1) is 0 Å². The Morgan fingerprint density at radius 3 is 1.58 bits per heavy atom. The fraction of sp³-hybridized carbons (Fsp3) is 1.00. The molecule has 0 aromatic carbocycles. The Labute approximate surface area is 77.0 Å². The quantitative estimate of drug-likeness (QED) is 0.656. The van der Waals surface area contributed by atoms with Crippen LogP contribution in [0.1, 0.15) is 52.9 Å². The van der Waals surface area contributed by atoms with Crippen molar-refractivity contribution in [1.82, 2.24) is 0 Å². The van der Waals surface area contributed by atoms with Gasteiger partial charge in [0, 0.05) is 6.61 Å². The number of hydrogen-bond acceptors (Lipinski definition) is 1. The van der Waals surface area contributed by atoms with E-state index >= 15 is 0 Å². The van der Waals surface area contributed by atoms with Crippen molar-refractivity contribution in [2.45, 2.75) is 52.9 Å². The molecule has 1 nitrogen and oxygen atoms in total. The first-order valence-electron chi connectivity index (χ1n) is 4.82. The Bertz CT molecular complexity index is 36.8. The normalized spacial score (nSPS) is 7.50. The molecule has 0 rings (SSSR count). The van der Waals surface area contributed by atoms with E-state index in [-0.39, 0.29) is 0 Å². The molecule has 0 fully saturated rings. The standard InChI is InChI=1S/C6H14O.C3H8.CH3F/c1-2-3-4-5-6-7;1-3-2;1-2/h7H,2-6H2,1H3;3H2,1-2H3;1H3. The van der Waals surface area contributed by atoms with E-state index in [9.17, 15) is 4.39 Å². The van der Waals surface area contributed by atoms with Crippen molar-refractivity contribution in [3.8, 4) is 0 Å². The maximum absolute atomic E-state index is 9.50. The summed E-state index contributed by atoms with van der Waals surface area (Å²) >= 11 is 0. The van der Waals surface area contributed by atoms with Gasteiger partial charge in [-0.3, -0.25) is 4.39 Å². The lowest BCUT2D eigenvalue weighted by molar-refractivity contribution is 0.283. The zero-order valence-corrected chi connectivity index (χ0v) is 9.07. The summed E-state index contributed by atoms with van der Waals surface area (Å²) in [5.74, 6) is 0. The predicted octanol–water partition coefficient (Wildman–Crippen LogP) is 3.56. The van der Waals surface area contributed by atoms with E-state index < -0.39 is 0 Å². The molecule has 0 heterocycles. The van der Waals surface area contributed by atoms with Crippen molar-refractivity contribution in [3.63, 3.8) is 0 Å².